The number of methoxy groups -OCH3 is 1. The number of nitrogens with one attached hydrogen (secondary N) is 1. The van der Waals surface area contributed by atoms with Gasteiger partial charge in [0.25, 0.3) is 0 Å². The molecular weight excluding hydrogens is 348 g/mol. The number of esters is 1. The first-order valence-electron chi connectivity index (χ1n) is 8.62. The monoisotopic (exact) mass is 370 g/mol. The number of rotatable bonds is 6. The van der Waals surface area contributed by atoms with E-state index < -0.39 is 5.97 Å². The highest BCUT2D eigenvalue weighted by atomic mass is 32.2. The van der Waals surface area contributed by atoms with Crippen LogP contribution in [0.5, 0.6) is 0 Å². The highest BCUT2D eigenvalue weighted by Crippen LogP contribution is 2.30. The number of carbonyl (C=O) groups is 2. The van der Waals surface area contributed by atoms with Gasteiger partial charge in [0.15, 0.2) is 0 Å². The fourth-order valence-corrected chi connectivity index (χ4v) is 3.69. The van der Waals surface area contributed by atoms with Crippen LogP contribution in [0, 0.1) is 0 Å². The molecule has 0 aliphatic carbocycles. The summed E-state index contributed by atoms with van der Waals surface area (Å²) in [6, 6.07) is 15.1. The van der Waals surface area contributed by atoms with Gasteiger partial charge in [0.2, 0.25) is 5.91 Å². The topological polar surface area (TPSA) is 58.6 Å². The second kappa shape index (κ2) is 8.76. The number of anilines is 2. The molecular formula is C20H22N2O3S. The zero-order valence-corrected chi connectivity index (χ0v) is 15.6. The van der Waals surface area contributed by atoms with Gasteiger partial charge < -0.3 is 15.0 Å². The van der Waals surface area contributed by atoms with Gasteiger partial charge in [-0.1, -0.05) is 18.2 Å². The maximum Gasteiger partial charge on any atom is 0.337 e. The number of benzene rings is 2. The van der Waals surface area contributed by atoms with Crippen LogP contribution in [0.4, 0.5) is 11.4 Å². The lowest BCUT2D eigenvalue weighted by atomic mass is 10.1. The Bertz CT molecular complexity index is 774. The molecule has 2 aromatic carbocycles. The molecule has 3 rings (SSSR count). The lowest BCUT2D eigenvalue weighted by Crippen LogP contribution is -2.22. The molecule has 2 aromatic rings. The van der Waals surface area contributed by atoms with E-state index in [1.165, 1.54) is 18.9 Å². The number of nitrogens with zero attached hydrogens (tertiary/aromatic N) is 1. The van der Waals surface area contributed by atoms with Crippen molar-refractivity contribution in [3.05, 3.63) is 54.1 Å². The predicted octanol–water partition coefficient (Wildman–Crippen LogP) is 3.80. The SMILES string of the molecule is COC(=O)c1ccc(N2CCCC2)c(NC(=O)CSc2ccccc2)c1. The quantitative estimate of drug-likeness (QED) is 0.619. The van der Waals surface area contributed by atoms with Gasteiger partial charge in [-0.15, -0.1) is 11.8 Å². The Balaban J connectivity index is 1.74. The van der Waals surface area contributed by atoms with Crippen LogP contribution in [-0.2, 0) is 9.53 Å². The van der Waals surface area contributed by atoms with Crippen molar-refractivity contribution < 1.29 is 14.3 Å². The highest BCUT2D eigenvalue weighted by molar-refractivity contribution is 8.00. The van der Waals surface area contributed by atoms with E-state index in [1.807, 2.05) is 36.4 Å². The fourth-order valence-electron chi connectivity index (χ4n) is 2.97. The molecule has 0 unspecified atom stereocenters. The summed E-state index contributed by atoms with van der Waals surface area (Å²) in [6.45, 7) is 1.92. The first-order chi connectivity index (χ1) is 12.7. The summed E-state index contributed by atoms with van der Waals surface area (Å²) in [5.74, 6) is -0.195. The molecule has 26 heavy (non-hydrogen) atoms. The van der Waals surface area contributed by atoms with Crippen LogP contribution in [0.2, 0.25) is 0 Å². The van der Waals surface area contributed by atoms with Crippen LogP contribution in [0.3, 0.4) is 0 Å². The van der Waals surface area contributed by atoms with Gasteiger partial charge in [0, 0.05) is 18.0 Å². The molecule has 0 aromatic heterocycles. The number of carbonyl (C=O) groups excluding carboxylic acids is 2. The van der Waals surface area contributed by atoms with Crippen LogP contribution >= 0.6 is 11.8 Å². The summed E-state index contributed by atoms with van der Waals surface area (Å²) in [5.41, 5.74) is 2.04. The summed E-state index contributed by atoms with van der Waals surface area (Å²) < 4.78 is 4.80. The molecule has 1 fully saturated rings. The molecule has 0 spiro atoms. The Kier molecular flexibility index (Phi) is 6.17. The molecule has 6 heteroatoms. The van der Waals surface area contributed by atoms with Crippen molar-refractivity contribution in [2.75, 3.05) is 36.2 Å². The minimum Gasteiger partial charge on any atom is -0.465 e. The minimum atomic E-state index is -0.410. The van der Waals surface area contributed by atoms with Crippen LogP contribution in [0.1, 0.15) is 23.2 Å². The van der Waals surface area contributed by atoms with E-state index in [0.29, 0.717) is 17.0 Å². The molecule has 1 amide bonds. The van der Waals surface area contributed by atoms with Gasteiger partial charge in [-0.2, -0.15) is 0 Å². The number of hydrogen-bond donors (Lipinski definition) is 1. The molecule has 0 saturated carbocycles. The van der Waals surface area contributed by atoms with Crippen LogP contribution in [-0.4, -0.2) is 37.8 Å². The van der Waals surface area contributed by atoms with Crippen molar-refractivity contribution >= 4 is 35.0 Å². The molecule has 5 nitrogen and oxygen atoms in total. The first-order valence-corrected chi connectivity index (χ1v) is 9.61. The van der Waals surface area contributed by atoms with Gasteiger partial charge in [-0.3, -0.25) is 4.79 Å². The normalized spacial score (nSPS) is 13.5. The van der Waals surface area contributed by atoms with E-state index in [-0.39, 0.29) is 5.91 Å². The molecule has 1 aliphatic rings. The van der Waals surface area contributed by atoms with Crippen molar-refractivity contribution in [2.24, 2.45) is 0 Å². The van der Waals surface area contributed by atoms with E-state index in [9.17, 15) is 9.59 Å². The molecule has 0 radical (unpaired) electrons. The van der Waals surface area contributed by atoms with Crippen molar-refractivity contribution in [1.82, 2.24) is 0 Å². The molecule has 136 valence electrons. The largest absolute Gasteiger partial charge is 0.465 e. The maximum atomic E-state index is 12.4. The summed E-state index contributed by atoms with van der Waals surface area (Å²) >= 11 is 1.48. The van der Waals surface area contributed by atoms with Crippen LogP contribution < -0.4 is 10.2 Å². The Morgan fingerprint density at radius 3 is 2.54 bits per heavy atom. The average Bonchev–Trinajstić information content (AvgIpc) is 3.21. The van der Waals surface area contributed by atoms with Crippen LogP contribution in [0.25, 0.3) is 0 Å². The summed E-state index contributed by atoms with van der Waals surface area (Å²) in [6.07, 6.45) is 2.27. The Morgan fingerprint density at radius 1 is 1.12 bits per heavy atom. The lowest BCUT2D eigenvalue weighted by molar-refractivity contribution is -0.113. The molecule has 1 heterocycles. The predicted molar refractivity (Wildman–Crippen MR) is 105 cm³/mol. The third-order valence-electron chi connectivity index (χ3n) is 4.25. The first kappa shape index (κ1) is 18.3. The Labute approximate surface area is 157 Å². The number of amides is 1. The summed E-state index contributed by atoms with van der Waals surface area (Å²) in [7, 11) is 1.35. The lowest BCUT2D eigenvalue weighted by Gasteiger charge is -2.22. The highest BCUT2D eigenvalue weighted by Gasteiger charge is 2.19. The molecule has 0 atom stereocenters. The van der Waals surface area contributed by atoms with E-state index in [2.05, 4.69) is 10.2 Å². The molecule has 1 saturated heterocycles. The zero-order chi connectivity index (χ0) is 18.4. The minimum absolute atomic E-state index is 0.0960. The molecule has 1 N–H and O–H groups in total. The van der Waals surface area contributed by atoms with E-state index in [1.54, 1.807) is 12.1 Å². The van der Waals surface area contributed by atoms with Gasteiger partial charge in [0.05, 0.1) is 29.8 Å². The maximum absolute atomic E-state index is 12.4. The smallest absolute Gasteiger partial charge is 0.337 e. The number of thioether (sulfide) groups is 1. The fraction of sp³-hybridized carbons (Fsp3) is 0.300. The standard InChI is InChI=1S/C20H22N2O3S/c1-25-20(24)15-9-10-18(22-11-5-6-12-22)17(13-15)21-19(23)14-26-16-7-3-2-4-8-16/h2-4,7-10,13H,5-6,11-12,14H2,1H3,(H,21,23). The summed E-state index contributed by atoms with van der Waals surface area (Å²) in [5, 5.41) is 2.97. The van der Waals surface area contributed by atoms with E-state index in [0.717, 1.165) is 36.5 Å². The van der Waals surface area contributed by atoms with Crippen molar-refractivity contribution in [3.63, 3.8) is 0 Å². The van der Waals surface area contributed by atoms with Gasteiger partial charge in [-0.05, 0) is 43.2 Å². The molecule has 1 aliphatic heterocycles. The third kappa shape index (κ3) is 4.58. The van der Waals surface area contributed by atoms with E-state index in [4.69, 9.17) is 4.74 Å². The second-order valence-electron chi connectivity index (χ2n) is 6.07. The Morgan fingerprint density at radius 2 is 1.85 bits per heavy atom. The van der Waals surface area contributed by atoms with Crippen LogP contribution in [0.15, 0.2) is 53.4 Å². The zero-order valence-electron chi connectivity index (χ0n) is 14.7. The molecule has 0 bridgehead atoms. The summed E-state index contributed by atoms with van der Waals surface area (Å²) in [4.78, 5) is 27.6. The average molecular weight is 370 g/mol. The number of hydrogen-bond acceptors (Lipinski definition) is 5. The van der Waals surface area contributed by atoms with Crippen molar-refractivity contribution in [2.45, 2.75) is 17.7 Å². The van der Waals surface area contributed by atoms with Crippen molar-refractivity contribution in [1.29, 1.82) is 0 Å². The van der Waals surface area contributed by atoms with Gasteiger partial charge in [-0.25, -0.2) is 4.79 Å². The third-order valence-corrected chi connectivity index (χ3v) is 5.26. The van der Waals surface area contributed by atoms with Gasteiger partial charge >= 0.3 is 5.97 Å². The number of ether oxygens (including phenoxy) is 1. The van der Waals surface area contributed by atoms with Crippen molar-refractivity contribution in [3.8, 4) is 0 Å². The Hall–Kier alpha value is -2.47. The van der Waals surface area contributed by atoms with Gasteiger partial charge in [0.1, 0.15) is 0 Å². The second-order valence-corrected chi connectivity index (χ2v) is 7.12. The van der Waals surface area contributed by atoms with E-state index >= 15 is 0 Å².